The SMILES string of the molecule is CCCNC(c1ccnn1C(C)C)C1CC1C. The monoisotopic (exact) mass is 235 g/mol. The molecule has 1 aromatic heterocycles. The van der Waals surface area contributed by atoms with Crippen LogP contribution in [0.2, 0.25) is 0 Å². The lowest BCUT2D eigenvalue weighted by atomic mass is 10.1. The van der Waals surface area contributed by atoms with E-state index in [0.717, 1.165) is 18.4 Å². The quantitative estimate of drug-likeness (QED) is 0.821. The summed E-state index contributed by atoms with van der Waals surface area (Å²) in [5, 5.41) is 8.16. The summed E-state index contributed by atoms with van der Waals surface area (Å²) in [5.74, 6) is 1.66. The Kier molecular flexibility index (Phi) is 3.87. The molecule has 3 heteroatoms. The van der Waals surface area contributed by atoms with Crippen LogP contribution in [0.4, 0.5) is 0 Å². The Morgan fingerprint density at radius 3 is 2.76 bits per heavy atom. The van der Waals surface area contributed by atoms with E-state index in [0.29, 0.717) is 12.1 Å². The maximum atomic E-state index is 4.46. The first kappa shape index (κ1) is 12.6. The summed E-state index contributed by atoms with van der Waals surface area (Å²) in [6.07, 6.45) is 4.47. The zero-order valence-corrected chi connectivity index (χ0v) is 11.5. The van der Waals surface area contributed by atoms with Gasteiger partial charge in [0.1, 0.15) is 0 Å². The molecule has 1 aliphatic carbocycles. The molecule has 0 radical (unpaired) electrons. The van der Waals surface area contributed by atoms with Gasteiger partial charge in [-0.05, 0) is 51.1 Å². The van der Waals surface area contributed by atoms with Crippen molar-refractivity contribution in [3.63, 3.8) is 0 Å². The average Bonchev–Trinajstić information content (AvgIpc) is 2.82. The Bertz CT molecular complexity index is 356. The molecule has 0 spiro atoms. The summed E-state index contributed by atoms with van der Waals surface area (Å²) in [6.45, 7) is 10.1. The van der Waals surface area contributed by atoms with Crippen molar-refractivity contribution in [2.24, 2.45) is 11.8 Å². The van der Waals surface area contributed by atoms with E-state index in [-0.39, 0.29) is 0 Å². The van der Waals surface area contributed by atoms with E-state index < -0.39 is 0 Å². The Morgan fingerprint density at radius 1 is 1.53 bits per heavy atom. The molecular weight excluding hydrogens is 210 g/mol. The van der Waals surface area contributed by atoms with Gasteiger partial charge in [-0.1, -0.05) is 13.8 Å². The molecule has 3 nitrogen and oxygen atoms in total. The Labute approximate surface area is 105 Å². The summed E-state index contributed by atoms with van der Waals surface area (Å²) >= 11 is 0. The maximum Gasteiger partial charge on any atom is 0.0559 e. The van der Waals surface area contributed by atoms with Gasteiger partial charge in [-0.25, -0.2) is 0 Å². The van der Waals surface area contributed by atoms with Gasteiger partial charge in [0.05, 0.1) is 11.7 Å². The third kappa shape index (κ3) is 2.71. The lowest BCUT2D eigenvalue weighted by molar-refractivity contribution is 0.405. The Balaban J connectivity index is 2.16. The highest BCUT2D eigenvalue weighted by atomic mass is 15.3. The lowest BCUT2D eigenvalue weighted by Crippen LogP contribution is -2.27. The highest BCUT2D eigenvalue weighted by Gasteiger charge is 2.41. The fourth-order valence-electron chi connectivity index (χ4n) is 2.59. The zero-order chi connectivity index (χ0) is 12.4. The van der Waals surface area contributed by atoms with Gasteiger partial charge in [0.15, 0.2) is 0 Å². The third-order valence-electron chi connectivity index (χ3n) is 3.72. The van der Waals surface area contributed by atoms with Crippen LogP contribution in [0, 0.1) is 11.8 Å². The minimum Gasteiger partial charge on any atom is -0.308 e. The van der Waals surface area contributed by atoms with Gasteiger partial charge in [0, 0.05) is 12.2 Å². The molecule has 0 aromatic carbocycles. The smallest absolute Gasteiger partial charge is 0.0559 e. The van der Waals surface area contributed by atoms with Gasteiger partial charge >= 0.3 is 0 Å². The second kappa shape index (κ2) is 5.21. The number of nitrogens with one attached hydrogen (secondary N) is 1. The van der Waals surface area contributed by atoms with Crippen LogP contribution in [0.1, 0.15) is 58.3 Å². The summed E-state index contributed by atoms with van der Waals surface area (Å²) in [4.78, 5) is 0. The largest absolute Gasteiger partial charge is 0.308 e. The van der Waals surface area contributed by atoms with E-state index in [9.17, 15) is 0 Å². The maximum absolute atomic E-state index is 4.46. The first-order chi connectivity index (χ1) is 8.15. The second-order valence-electron chi connectivity index (χ2n) is 5.60. The van der Waals surface area contributed by atoms with Crippen molar-refractivity contribution in [1.82, 2.24) is 15.1 Å². The zero-order valence-electron chi connectivity index (χ0n) is 11.5. The van der Waals surface area contributed by atoms with Crippen molar-refractivity contribution in [2.75, 3.05) is 6.54 Å². The molecule has 1 heterocycles. The molecule has 17 heavy (non-hydrogen) atoms. The van der Waals surface area contributed by atoms with Gasteiger partial charge in [0.25, 0.3) is 0 Å². The topological polar surface area (TPSA) is 29.9 Å². The molecule has 96 valence electrons. The Morgan fingerprint density at radius 2 is 2.24 bits per heavy atom. The van der Waals surface area contributed by atoms with Crippen molar-refractivity contribution < 1.29 is 0 Å². The number of hydrogen-bond donors (Lipinski definition) is 1. The van der Waals surface area contributed by atoms with Crippen molar-refractivity contribution in [3.8, 4) is 0 Å². The number of aromatic nitrogens is 2. The van der Waals surface area contributed by atoms with Crippen molar-refractivity contribution >= 4 is 0 Å². The molecule has 1 fully saturated rings. The highest BCUT2D eigenvalue weighted by Crippen LogP contribution is 2.47. The number of nitrogens with zero attached hydrogens (tertiary/aromatic N) is 2. The van der Waals surface area contributed by atoms with Crippen molar-refractivity contribution in [2.45, 2.75) is 52.6 Å². The van der Waals surface area contributed by atoms with Crippen LogP contribution in [0.15, 0.2) is 12.3 Å². The molecule has 1 N–H and O–H groups in total. The van der Waals surface area contributed by atoms with E-state index in [1.54, 1.807) is 0 Å². The van der Waals surface area contributed by atoms with Crippen LogP contribution in [-0.2, 0) is 0 Å². The number of rotatable bonds is 6. The van der Waals surface area contributed by atoms with Crippen LogP contribution < -0.4 is 5.32 Å². The van der Waals surface area contributed by atoms with Crippen LogP contribution in [-0.4, -0.2) is 16.3 Å². The molecule has 0 bridgehead atoms. The molecular formula is C14H25N3. The molecule has 1 saturated carbocycles. The molecule has 3 unspecified atom stereocenters. The fourth-order valence-corrected chi connectivity index (χ4v) is 2.59. The minimum absolute atomic E-state index is 0.444. The van der Waals surface area contributed by atoms with Gasteiger partial charge in [-0.15, -0.1) is 0 Å². The van der Waals surface area contributed by atoms with Crippen LogP contribution in [0.3, 0.4) is 0 Å². The molecule has 1 aliphatic rings. The predicted octanol–water partition coefficient (Wildman–Crippen LogP) is 3.16. The van der Waals surface area contributed by atoms with E-state index in [2.05, 4.69) is 48.9 Å². The Hall–Kier alpha value is -0.830. The second-order valence-corrected chi connectivity index (χ2v) is 5.60. The molecule has 2 rings (SSSR count). The molecule has 3 atom stereocenters. The van der Waals surface area contributed by atoms with Gasteiger partial charge in [0.2, 0.25) is 0 Å². The first-order valence-corrected chi connectivity index (χ1v) is 6.92. The van der Waals surface area contributed by atoms with Crippen LogP contribution in [0.5, 0.6) is 0 Å². The fraction of sp³-hybridized carbons (Fsp3) is 0.786. The highest BCUT2D eigenvalue weighted by molar-refractivity contribution is 5.13. The summed E-state index contributed by atoms with van der Waals surface area (Å²) in [5.41, 5.74) is 1.36. The summed E-state index contributed by atoms with van der Waals surface area (Å²) in [7, 11) is 0. The van der Waals surface area contributed by atoms with E-state index in [4.69, 9.17) is 0 Å². The van der Waals surface area contributed by atoms with E-state index >= 15 is 0 Å². The standard InChI is InChI=1S/C14H25N3/c1-5-7-15-14(12-9-11(12)4)13-6-8-16-17(13)10(2)3/h6,8,10-12,14-15H,5,7,9H2,1-4H3. The van der Waals surface area contributed by atoms with Gasteiger partial charge in [-0.2, -0.15) is 5.10 Å². The average molecular weight is 235 g/mol. The van der Waals surface area contributed by atoms with Crippen LogP contribution >= 0.6 is 0 Å². The molecule has 0 aliphatic heterocycles. The lowest BCUT2D eigenvalue weighted by Gasteiger charge is -2.21. The third-order valence-corrected chi connectivity index (χ3v) is 3.72. The van der Waals surface area contributed by atoms with Gasteiger partial charge in [-0.3, -0.25) is 4.68 Å². The summed E-state index contributed by atoms with van der Waals surface area (Å²) < 4.78 is 2.17. The van der Waals surface area contributed by atoms with Crippen molar-refractivity contribution in [1.29, 1.82) is 0 Å². The molecule has 0 saturated heterocycles. The molecule has 0 amide bonds. The molecule has 1 aromatic rings. The summed E-state index contributed by atoms with van der Waals surface area (Å²) in [6, 6.07) is 3.12. The van der Waals surface area contributed by atoms with Gasteiger partial charge < -0.3 is 5.32 Å². The first-order valence-electron chi connectivity index (χ1n) is 6.92. The van der Waals surface area contributed by atoms with E-state index in [1.807, 2.05) is 6.20 Å². The van der Waals surface area contributed by atoms with E-state index in [1.165, 1.54) is 18.5 Å². The number of hydrogen-bond acceptors (Lipinski definition) is 2. The van der Waals surface area contributed by atoms with Crippen LogP contribution in [0.25, 0.3) is 0 Å². The normalized spacial score (nSPS) is 25.2. The minimum atomic E-state index is 0.444. The predicted molar refractivity (Wildman–Crippen MR) is 70.9 cm³/mol. The van der Waals surface area contributed by atoms with Crippen molar-refractivity contribution in [3.05, 3.63) is 18.0 Å².